The van der Waals surface area contributed by atoms with Crippen LogP contribution in [0.5, 0.6) is 11.5 Å². The van der Waals surface area contributed by atoms with Gasteiger partial charge in [-0.1, -0.05) is 48.0 Å². The Labute approximate surface area is 253 Å². The van der Waals surface area contributed by atoms with Gasteiger partial charge in [-0.2, -0.15) is 0 Å². The number of halogens is 3. The minimum atomic E-state index is -0.836. The fourth-order valence-corrected chi connectivity index (χ4v) is 4.92. The second-order valence-electron chi connectivity index (χ2n) is 8.19. The van der Waals surface area contributed by atoms with Crippen molar-refractivity contribution in [2.75, 3.05) is 7.11 Å². The maximum atomic E-state index is 13.1. The number of ether oxygens (including phenoxy) is 2. The molecule has 0 saturated heterocycles. The Balaban J connectivity index is 1.61. The molecule has 9 heteroatoms. The molecule has 0 heterocycles. The molecule has 38 heavy (non-hydrogen) atoms. The maximum absolute atomic E-state index is 13.1. The van der Waals surface area contributed by atoms with Crippen LogP contribution < -0.4 is 20.1 Å². The van der Waals surface area contributed by atoms with E-state index >= 15 is 0 Å². The molecule has 194 valence electrons. The van der Waals surface area contributed by atoms with E-state index in [1.54, 1.807) is 48.5 Å². The molecule has 0 saturated carbocycles. The Morgan fingerprint density at radius 2 is 1.39 bits per heavy atom. The average molecular weight is 753 g/mol. The summed E-state index contributed by atoms with van der Waals surface area (Å²) < 4.78 is 13.4. The molecule has 0 bridgehead atoms. The van der Waals surface area contributed by atoms with Gasteiger partial charge in [-0.05, 0) is 105 Å². The molecule has 6 nitrogen and oxygen atoms in total. The van der Waals surface area contributed by atoms with Gasteiger partial charge in [-0.3, -0.25) is 9.59 Å². The van der Waals surface area contributed by atoms with Gasteiger partial charge in [0.05, 0.1) is 7.11 Å². The second-order valence-corrected chi connectivity index (χ2v) is 11.1. The summed E-state index contributed by atoms with van der Waals surface area (Å²) >= 11 is 10.6. The van der Waals surface area contributed by atoms with E-state index in [1.807, 2.05) is 42.5 Å². The number of benzene rings is 4. The van der Waals surface area contributed by atoms with Crippen LogP contribution in [0.25, 0.3) is 0 Å². The van der Waals surface area contributed by atoms with Gasteiger partial charge in [0, 0.05) is 28.9 Å². The fourth-order valence-electron chi connectivity index (χ4n) is 3.64. The minimum absolute atomic E-state index is 0.256. The predicted molar refractivity (Wildman–Crippen MR) is 165 cm³/mol. The van der Waals surface area contributed by atoms with Crippen LogP contribution in [0.3, 0.4) is 0 Å². The summed E-state index contributed by atoms with van der Waals surface area (Å²) in [5.74, 6) is 0.304. The normalized spacial score (nSPS) is 10.7. The van der Waals surface area contributed by atoms with Gasteiger partial charge in [-0.15, -0.1) is 0 Å². The lowest BCUT2D eigenvalue weighted by Crippen LogP contribution is -2.41. The van der Waals surface area contributed by atoms with E-state index in [-0.39, 0.29) is 18.4 Å². The van der Waals surface area contributed by atoms with Gasteiger partial charge >= 0.3 is 0 Å². The highest BCUT2D eigenvalue weighted by Crippen LogP contribution is 2.31. The molecule has 4 aromatic carbocycles. The van der Waals surface area contributed by atoms with Crippen LogP contribution in [0.2, 0.25) is 5.02 Å². The van der Waals surface area contributed by atoms with Crippen molar-refractivity contribution < 1.29 is 19.1 Å². The number of methoxy groups -OCH3 is 1. The maximum Gasteiger partial charge on any atom is 0.253 e. The van der Waals surface area contributed by atoms with Crippen LogP contribution in [-0.4, -0.2) is 18.9 Å². The number of carbonyl (C=O) groups excluding carboxylic acids is 2. The summed E-state index contributed by atoms with van der Waals surface area (Å²) in [4.78, 5) is 26.3. The van der Waals surface area contributed by atoms with Crippen molar-refractivity contribution in [1.82, 2.24) is 10.6 Å². The van der Waals surface area contributed by atoms with Crippen molar-refractivity contribution in [2.45, 2.75) is 12.8 Å². The molecule has 4 aromatic rings. The molecule has 0 radical (unpaired) electrons. The highest BCUT2D eigenvalue weighted by atomic mass is 127. The van der Waals surface area contributed by atoms with Crippen molar-refractivity contribution in [3.05, 3.63) is 125 Å². The molecular formula is C29H23ClI2N2O4. The topological polar surface area (TPSA) is 76.7 Å². The Morgan fingerprint density at radius 3 is 1.95 bits per heavy atom. The standard InChI is InChI=1S/C29H23ClI2N2O4/c1-37-26-16-18(12-13-25(26)38-17-21-6-2-3-11-24(21)30)27(33-28(35)19-7-4-9-22(31)14-19)34-29(36)20-8-5-10-23(32)15-20/h2-16,27H,17H2,1H3,(H,33,35)(H,34,36). The lowest BCUT2D eigenvalue weighted by Gasteiger charge is -2.22. The Hall–Kier alpha value is -2.83. The first-order chi connectivity index (χ1) is 18.3. The largest absolute Gasteiger partial charge is 0.493 e. The number of rotatable bonds is 9. The Bertz CT molecular complexity index is 1400. The van der Waals surface area contributed by atoms with Gasteiger partial charge in [0.15, 0.2) is 11.5 Å². The van der Waals surface area contributed by atoms with Crippen LogP contribution >= 0.6 is 56.8 Å². The molecule has 4 rings (SSSR count). The van der Waals surface area contributed by atoms with Crippen molar-refractivity contribution >= 4 is 68.6 Å². The zero-order valence-electron chi connectivity index (χ0n) is 20.2. The first-order valence-corrected chi connectivity index (χ1v) is 14.0. The summed E-state index contributed by atoms with van der Waals surface area (Å²) in [6.45, 7) is 0.256. The van der Waals surface area contributed by atoms with Gasteiger partial charge in [-0.25, -0.2) is 0 Å². The first-order valence-electron chi connectivity index (χ1n) is 11.5. The van der Waals surface area contributed by atoms with Gasteiger partial charge in [0.1, 0.15) is 12.8 Å². The molecule has 0 aliphatic carbocycles. The summed E-state index contributed by atoms with van der Waals surface area (Å²) in [7, 11) is 1.53. The molecule has 0 aliphatic rings. The monoisotopic (exact) mass is 752 g/mol. The minimum Gasteiger partial charge on any atom is -0.493 e. The van der Waals surface area contributed by atoms with Gasteiger partial charge in [0.25, 0.3) is 11.8 Å². The van der Waals surface area contributed by atoms with Crippen LogP contribution in [0, 0.1) is 7.14 Å². The van der Waals surface area contributed by atoms with Crippen LogP contribution in [-0.2, 0) is 6.61 Å². The molecule has 0 spiro atoms. The lowest BCUT2D eigenvalue weighted by atomic mass is 10.1. The third kappa shape index (κ3) is 7.39. The first kappa shape index (κ1) is 28.2. The highest BCUT2D eigenvalue weighted by Gasteiger charge is 2.21. The van der Waals surface area contributed by atoms with Crippen molar-refractivity contribution in [3.63, 3.8) is 0 Å². The number of hydrogen-bond acceptors (Lipinski definition) is 4. The molecule has 2 amide bonds. The Morgan fingerprint density at radius 1 is 0.789 bits per heavy atom. The predicted octanol–water partition coefficient (Wildman–Crippen LogP) is 7.00. The van der Waals surface area contributed by atoms with Gasteiger partial charge in [0.2, 0.25) is 0 Å². The summed E-state index contributed by atoms with van der Waals surface area (Å²) in [6, 6.07) is 27.1. The van der Waals surface area contributed by atoms with Crippen LogP contribution in [0.1, 0.15) is 38.0 Å². The smallest absolute Gasteiger partial charge is 0.253 e. The van der Waals surface area contributed by atoms with Crippen molar-refractivity contribution in [1.29, 1.82) is 0 Å². The second kappa shape index (κ2) is 13.3. The van der Waals surface area contributed by atoms with E-state index in [0.717, 1.165) is 12.7 Å². The lowest BCUT2D eigenvalue weighted by molar-refractivity contribution is 0.0883. The van der Waals surface area contributed by atoms with Crippen molar-refractivity contribution in [2.24, 2.45) is 0 Å². The summed E-state index contributed by atoms with van der Waals surface area (Å²) in [5.41, 5.74) is 2.42. The summed E-state index contributed by atoms with van der Waals surface area (Å²) in [6.07, 6.45) is -0.836. The average Bonchev–Trinajstić information content (AvgIpc) is 2.92. The molecule has 2 N–H and O–H groups in total. The fraction of sp³-hybridized carbons (Fsp3) is 0.103. The van der Waals surface area contributed by atoms with Crippen LogP contribution in [0.4, 0.5) is 0 Å². The zero-order chi connectivity index (χ0) is 27.1. The van der Waals surface area contributed by atoms with Crippen molar-refractivity contribution in [3.8, 4) is 11.5 Å². The third-order valence-corrected chi connectivity index (χ3v) is 7.30. The van der Waals surface area contributed by atoms with E-state index in [1.165, 1.54) is 7.11 Å². The SMILES string of the molecule is COc1cc(C(NC(=O)c2cccc(I)c2)NC(=O)c2cccc(I)c2)ccc1OCc1ccccc1Cl. The molecule has 0 fully saturated rings. The molecule has 0 unspecified atom stereocenters. The third-order valence-electron chi connectivity index (χ3n) is 5.59. The number of nitrogens with one attached hydrogen (secondary N) is 2. The highest BCUT2D eigenvalue weighted by molar-refractivity contribution is 14.1. The zero-order valence-corrected chi connectivity index (χ0v) is 25.3. The summed E-state index contributed by atoms with van der Waals surface area (Å²) in [5, 5.41) is 6.49. The number of carbonyl (C=O) groups is 2. The molecule has 0 atom stereocenters. The molecular weight excluding hydrogens is 730 g/mol. The van der Waals surface area contributed by atoms with E-state index in [0.29, 0.717) is 33.2 Å². The number of amides is 2. The molecule has 0 aliphatic heterocycles. The van der Waals surface area contributed by atoms with Gasteiger partial charge < -0.3 is 20.1 Å². The van der Waals surface area contributed by atoms with E-state index < -0.39 is 6.17 Å². The molecule has 0 aromatic heterocycles. The van der Waals surface area contributed by atoms with E-state index in [2.05, 4.69) is 55.8 Å². The Kier molecular flexibility index (Phi) is 9.86. The van der Waals surface area contributed by atoms with E-state index in [4.69, 9.17) is 21.1 Å². The number of hydrogen-bond donors (Lipinski definition) is 2. The van der Waals surface area contributed by atoms with Crippen LogP contribution in [0.15, 0.2) is 91.0 Å². The quantitative estimate of drug-likeness (QED) is 0.143. The van der Waals surface area contributed by atoms with E-state index in [9.17, 15) is 9.59 Å².